The second-order valence-corrected chi connectivity index (χ2v) is 4.90. The number of aromatic nitrogens is 3. The predicted molar refractivity (Wildman–Crippen MR) is 84.6 cm³/mol. The maximum atomic E-state index is 8.93. The molecule has 1 N–H and O–H groups in total. The molecular weight excluding hydrogens is 274 g/mol. The van der Waals surface area contributed by atoms with Gasteiger partial charge < -0.3 is 5.32 Å². The van der Waals surface area contributed by atoms with Crippen LogP contribution in [0.4, 0.5) is 5.82 Å². The van der Waals surface area contributed by atoms with Crippen LogP contribution in [0.15, 0.2) is 60.9 Å². The molecule has 0 radical (unpaired) electrons. The van der Waals surface area contributed by atoms with Crippen molar-refractivity contribution in [2.45, 2.75) is 13.0 Å². The summed E-state index contributed by atoms with van der Waals surface area (Å²) in [5, 5.41) is 16.6. The first-order valence-electron chi connectivity index (χ1n) is 7.00. The fourth-order valence-corrected chi connectivity index (χ4v) is 2.35. The largest absolute Gasteiger partial charge is 0.363 e. The molecular formula is C17H15N5. The van der Waals surface area contributed by atoms with Gasteiger partial charge in [-0.05, 0) is 36.8 Å². The molecule has 108 valence electrons. The Labute approximate surface area is 128 Å². The molecule has 22 heavy (non-hydrogen) atoms. The number of hydrogen-bond donors (Lipinski definition) is 1. The number of hydrogen-bond acceptors (Lipinski definition) is 4. The molecule has 1 atom stereocenters. The van der Waals surface area contributed by atoms with Gasteiger partial charge in [-0.25, -0.2) is 9.67 Å². The molecule has 0 spiro atoms. The summed E-state index contributed by atoms with van der Waals surface area (Å²) in [7, 11) is 0. The van der Waals surface area contributed by atoms with E-state index in [0.717, 1.165) is 11.3 Å². The van der Waals surface area contributed by atoms with E-state index in [2.05, 4.69) is 28.4 Å². The lowest BCUT2D eigenvalue weighted by atomic mass is 10.1. The van der Waals surface area contributed by atoms with Crippen LogP contribution in [0.2, 0.25) is 0 Å². The van der Waals surface area contributed by atoms with Crippen molar-refractivity contribution in [2.75, 3.05) is 5.32 Å². The lowest BCUT2D eigenvalue weighted by Crippen LogP contribution is -2.11. The summed E-state index contributed by atoms with van der Waals surface area (Å²) >= 11 is 0. The predicted octanol–water partition coefficient (Wildman–Crippen LogP) is 3.31. The van der Waals surface area contributed by atoms with Gasteiger partial charge >= 0.3 is 0 Å². The molecule has 0 aliphatic carbocycles. The molecule has 1 aromatic carbocycles. The molecule has 2 aromatic heterocycles. The highest BCUT2D eigenvalue weighted by molar-refractivity contribution is 5.47. The van der Waals surface area contributed by atoms with Gasteiger partial charge in [0.15, 0.2) is 0 Å². The Morgan fingerprint density at radius 1 is 1.14 bits per heavy atom. The van der Waals surface area contributed by atoms with E-state index in [-0.39, 0.29) is 6.04 Å². The number of nitrogens with one attached hydrogen (secondary N) is 1. The van der Waals surface area contributed by atoms with Gasteiger partial charge in [0.2, 0.25) is 0 Å². The summed E-state index contributed by atoms with van der Waals surface area (Å²) in [6.45, 7) is 2.06. The maximum Gasteiger partial charge on any atom is 0.142 e. The van der Waals surface area contributed by atoms with Gasteiger partial charge in [-0.1, -0.05) is 24.3 Å². The van der Waals surface area contributed by atoms with Crippen molar-refractivity contribution >= 4 is 5.82 Å². The van der Waals surface area contributed by atoms with Gasteiger partial charge in [-0.2, -0.15) is 10.4 Å². The van der Waals surface area contributed by atoms with Gasteiger partial charge in [0, 0.05) is 12.4 Å². The first kappa shape index (κ1) is 13.8. The third-order valence-electron chi connectivity index (χ3n) is 3.38. The molecule has 0 amide bonds. The number of anilines is 1. The van der Waals surface area contributed by atoms with E-state index in [9.17, 15) is 0 Å². The first-order chi connectivity index (χ1) is 10.8. The van der Waals surface area contributed by atoms with E-state index in [1.54, 1.807) is 12.3 Å². The summed E-state index contributed by atoms with van der Waals surface area (Å²) in [4.78, 5) is 4.25. The van der Waals surface area contributed by atoms with Crippen molar-refractivity contribution in [3.8, 4) is 11.8 Å². The van der Waals surface area contributed by atoms with Crippen molar-refractivity contribution < 1.29 is 0 Å². The van der Waals surface area contributed by atoms with Crippen molar-refractivity contribution in [1.82, 2.24) is 14.8 Å². The van der Waals surface area contributed by atoms with Crippen LogP contribution < -0.4 is 5.32 Å². The van der Waals surface area contributed by atoms with Crippen LogP contribution in [0.1, 0.15) is 24.2 Å². The standard InChI is InChI=1S/C17H15N5/c1-13(20-17-9-4-6-14(12-18)21-17)15-7-2-3-8-16(15)22-11-5-10-19-22/h2-11,13H,1H3,(H,20,21). The van der Waals surface area contributed by atoms with Crippen LogP contribution in [-0.2, 0) is 0 Å². The second-order valence-electron chi connectivity index (χ2n) is 4.90. The minimum Gasteiger partial charge on any atom is -0.363 e. The molecule has 5 heteroatoms. The molecule has 1 unspecified atom stereocenters. The lowest BCUT2D eigenvalue weighted by Gasteiger charge is -2.18. The van der Waals surface area contributed by atoms with E-state index in [1.165, 1.54) is 0 Å². The van der Waals surface area contributed by atoms with Crippen molar-refractivity contribution in [1.29, 1.82) is 5.26 Å². The van der Waals surface area contributed by atoms with Crippen LogP contribution in [0, 0.1) is 11.3 Å². The molecule has 2 heterocycles. The summed E-state index contributed by atoms with van der Waals surface area (Å²) in [5.41, 5.74) is 2.52. The highest BCUT2D eigenvalue weighted by Crippen LogP contribution is 2.24. The van der Waals surface area contributed by atoms with E-state index in [4.69, 9.17) is 5.26 Å². The molecule has 0 saturated heterocycles. The number of rotatable bonds is 4. The van der Waals surface area contributed by atoms with Crippen molar-refractivity contribution in [3.63, 3.8) is 0 Å². The van der Waals surface area contributed by atoms with Crippen molar-refractivity contribution in [2.24, 2.45) is 0 Å². The number of nitriles is 1. The number of nitrogens with zero attached hydrogens (tertiary/aromatic N) is 4. The molecule has 0 bridgehead atoms. The van der Waals surface area contributed by atoms with Gasteiger partial charge in [-0.3, -0.25) is 0 Å². The number of benzene rings is 1. The number of para-hydroxylation sites is 1. The average molecular weight is 289 g/mol. The zero-order chi connectivity index (χ0) is 15.4. The smallest absolute Gasteiger partial charge is 0.142 e. The van der Waals surface area contributed by atoms with E-state index in [0.29, 0.717) is 11.5 Å². The Kier molecular flexibility index (Phi) is 3.84. The third kappa shape index (κ3) is 2.81. The molecule has 0 fully saturated rings. The average Bonchev–Trinajstić information content (AvgIpc) is 3.09. The van der Waals surface area contributed by atoms with Crippen LogP contribution in [0.3, 0.4) is 0 Å². The Balaban J connectivity index is 1.90. The van der Waals surface area contributed by atoms with Crippen LogP contribution in [0.5, 0.6) is 0 Å². The maximum absolute atomic E-state index is 8.93. The molecule has 3 aromatic rings. The highest BCUT2D eigenvalue weighted by atomic mass is 15.3. The summed E-state index contributed by atoms with van der Waals surface area (Å²) < 4.78 is 1.84. The van der Waals surface area contributed by atoms with E-state index in [1.807, 2.05) is 53.3 Å². The Morgan fingerprint density at radius 3 is 2.77 bits per heavy atom. The topological polar surface area (TPSA) is 66.5 Å². The zero-order valence-corrected chi connectivity index (χ0v) is 12.1. The monoisotopic (exact) mass is 289 g/mol. The Hall–Kier alpha value is -3.13. The van der Waals surface area contributed by atoms with Crippen LogP contribution in [0.25, 0.3) is 5.69 Å². The highest BCUT2D eigenvalue weighted by Gasteiger charge is 2.12. The fraction of sp³-hybridized carbons (Fsp3) is 0.118. The van der Waals surface area contributed by atoms with E-state index < -0.39 is 0 Å². The third-order valence-corrected chi connectivity index (χ3v) is 3.38. The number of pyridine rings is 1. The quantitative estimate of drug-likeness (QED) is 0.800. The van der Waals surface area contributed by atoms with Gasteiger partial charge in [0.05, 0.1) is 11.7 Å². The molecule has 3 rings (SSSR count). The SMILES string of the molecule is CC(Nc1cccc(C#N)n1)c1ccccc1-n1cccn1. The van der Waals surface area contributed by atoms with E-state index >= 15 is 0 Å². The fourth-order valence-electron chi connectivity index (χ4n) is 2.35. The first-order valence-corrected chi connectivity index (χ1v) is 7.00. The van der Waals surface area contributed by atoms with Gasteiger partial charge in [0.25, 0.3) is 0 Å². The summed E-state index contributed by atoms with van der Waals surface area (Å²) in [5.74, 6) is 0.682. The molecule has 0 saturated carbocycles. The molecule has 5 nitrogen and oxygen atoms in total. The molecule has 0 aliphatic heterocycles. The minimum absolute atomic E-state index is 0.0295. The van der Waals surface area contributed by atoms with Gasteiger partial charge in [-0.15, -0.1) is 0 Å². The zero-order valence-electron chi connectivity index (χ0n) is 12.1. The Bertz CT molecular complexity index is 802. The minimum atomic E-state index is 0.0295. The second kappa shape index (κ2) is 6.10. The Morgan fingerprint density at radius 2 is 2.00 bits per heavy atom. The lowest BCUT2D eigenvalue weighted by molar-refractivity contribution is 0.814. The van der Waals surface area contributed by atoms with Crippen LogP contribution in [-0.4, -0.2) is 14.8 Å². The van der Waals surface area contributed by atoms with Crippen molar-refractivity contribution in [3.05, 3.63) is 72.2 Å². The summed E-state index contributed by atoms with van der Waals surface area (Å²) in [6.07, 6.45) is 3.67. The van der Waals surface area contributed by atoms with Gasteiger partial charge in [0.1, 0.15) is 17.6 Å². The molecule has 0 aliphatic rings. The summed E-state index contributed by atoms with van der Waals surface area (Å²) in [6, 6.07) is 17.4. The normalized spacial score (nSPS) is 11.6. The van der Waals surface area contributed by atoms with Crippen LogP contribution >= 0.6 is 0 Å².